The van der Waals surface area contributed by atoms with E-state index in [0.717, 1.165) is 25.2 Å². The van der Waals surface area contributed by atoms with Crippen LogP contribution in [0, 0.1) is 23.7 Å². The zero-order chi connectivity index (χ0) is 38.0. The highest BCUT2D eigenvalue weighted by Crippen LogP contribution is 2.65. The molecule has 4 fully saturated rings. The topological polar surface area (TPSA) is 107 Å². The Kier molecular flexibility index (Phi) is 8.89. The molecule has 0 radical (unpaired) electrons. The summed E-state index contributed by atoms with van der Waals surface area (Å²) in [5, 5.41) is 11.6. The second-order valence-electron chi connectivity index (χ2n) is 15.6. The lowest BCUT2D eigenvalue weighted by atomic mass is 9.49. The molecule has 10 heteroatoms. The van der Waals surface area contributed by atoms with Crippen molar-refractivity contribution in [1.29, 1.82) is 0 Å². The van der Waals surface area contributed by atoms with Crippen LogP contribution in [-0.2, 0) is 31.1 Å². The van der Waals surface area contributed by atoms with E-state index in [2.05, 4.69) is 23.1 Å². The number of carbonyl (C=O) groups is 4. The molecule has 6 atom stereocenters. The third kappa shape index (κ3) is 5.53. The van der Waals surface area contributed by atoms with Crippen molar-refractivity contribution in [2.75, 3.05) is 25.1 Å². The highest BCUT2D eigenvalue weighted by molar-refractivity contribution is 6.32. The van der Waals surface area contributed by atoms with Crippen molar-refractivity contribution in [2.24, 2.45) is 23.7 Å². The number of allylic oxidation sites excluding steroid dienone is 2. The van der Waals surface area contributed by atoms with Gasteiger partial charge in [0.2, 0.25) is 23.6 Å². The van der Waals surface area contributed by atoms with Crippen molar-refractivity contribution in [3.05, 3.63) is 136 Å². The summed E-state index contributed by atoms with van der Waals surface area (Å²) in [7, 11) is 1.47. The van der Waals surface area contributed by atoms with Crippen LogP contribution in [0.5, 0.6) is 11.5 Å². The first-order valence-corrected chi connectivity index (χ1v) is 19.5. The highest BCUT2D eigenvalue weighted by Gasteiger charge is 2.70. The molecule has 280 valence electrons. The van der Waals surface area contributed by atoms with Gasteiger partial charge in [-0.25, -0.2) is 4.90 Å². The fourth-order valence-corrected chi connectivity index (χ4v) is 10.8. The first kappa shape index (κ1) is 35.5. The normalized spacial score (nSPS) is 28.2. The van der Waals surface area contributed by atoms with Gasteiger partial charge in [0.15, 0.2) is 11.5 Å². The van der Waals surface area contributed by atoms with Crippen molar-refractivity contribution >= 4 is 40.9 Å². The zero-order valence-electron chi connectivity index (χ0n) is 30.5. The predicted molar refractivity (Wildman–Crippen MR) is 207 cm³/mol. The number of benzene rings is 4. The molecule has 4 aromatic rings. The lowest BCUT2D eigenvalue weighted by molar-refractivity contribution is -0.144. The molecule has 3 saturated heterocycles. The van der Waals surface area contributed by atoms with Crippen molar-refractivity contribution < 1.29 is 29.0 Å². The Morgan fingerprint density at radius 2 is 1.55 bits per heavy atom. The largest absolute Gasteiger partial charge is 0.504 e. The fourth-order valence-electron chi connectivity index (χ4n) is 10.6. The van der Waals surface area contributed by atoms with E-state index in [4.69, 9.17) is 16.3 Å². The number of amides is 4. The Bertz CT molecular complexity index is 2220. The minimum atomic E-state index is -1.42. The van der Waals surface area contributed by atoms with Crippen LogP contribution in [-0.4, -0.2) is 64.8 Å². The number of nitrogens with zero attached hydrogens (tertiary/aromatic N) is 3. The van der Waals surface area contributed by atoms with Crippen molar-refractivity contribution in [1.82, 2.24) is 9.80 Å². The number of halogens is 1. The van der Waals surface area contributed by atoms with E-state index in [1.54, 1.807) is 41.3 Å². The van der Waals surface area contributed by atoms with Gasteiger partial charge in [0, 0.05) is 36.6 Å². The quantitative estimate of drug-likeness (QED) is 0.162. The molecular weight excluding hydrogens is 714 g/mol. The van der Waals surface area contributed by atoms with Crippen LogP contribution in [0.3, 0.4) is 0 Å². The number of piperidine rings is 1. The molecular formula is C45H42ClN3O6. The first-order chi connectivity index (χ1) is 26.7. The number of anilines is 1. The van der Waals surface area contributed by atoms with Gasteiger partial charge in [-0.3, -0.25) is 29.0 Å². The summed E-state index contributed by atoms with van der Waals surface area (Å²) >= 11 is 6.43. The van der Waals surface area contributed by atoms with E-state index in [-0.39, 0.29) is 41.7 Å². The van der Waals surface area contributed by atoms with Crippen LogP contribution in [0.1, 0.15) is 48.3 Å². The number of likely N-dealkylation sites (tertiary alicyclic amines) is 2. The Labute approximate surface area is 325 Å². The van der Waals surface area contributed by atoms with Crippen LogP contribution in [0.25, 0.3) is 0 Å². The van der Waals surface area contributed by atoms with Crippen LogP contribution in [0.2, 0.25) is 5.02 Å². The average molecular weight is 756 g/mol. The fraction of sp³-hybridized carbons (Fsp3) is 0.333. The number of methoxy groups -OCH3 is 1. The molecule has 1 N–H and O–H groups in total. The van der Waals surface area contributed by atoms with Gasteiger partial charge in [-0.1, -0.05) is 96.0 Å². The van der Waals surface area contributed by atoms with Crippen molar-refractivity contribution in [2.45, 2.75) is 49.6 Å². The first-order valence-electron chi connectivity index (χ1n) is 19.1. The zero-order valence-corrected chi connectivity index (χ0v) is 31.3. The average Bonchev–Trinajstić information content (AvgIpc) is 3.59. The summed E-state index contributed by atoms with van der Waals surface area (Å²) in [5.41, 5.74) is 2.32. The van der Waals surface area contributed by atoms with Gasteiger partial charge in [0.1, 0.15) is 0 Å². The van der Waals surface area contributed by atoms with Gasteiger partial charge in [-0.15, -0.1) is 0 Å². The van der Waals surface area contributed by atoms with Gasteiger partial charge in [0.25, 0.3) is 0 Å². The highest BCUT2D eigenvalue weighted by atomic mass is 35.5. The van der Waals surface area contributed by atoms with Gasteiger partial charge >= 0.3 is 0 Å². The molecule has 3 heterocycles. The van der Waals surface area contributed by atoms with Crippen LogP contribution >= 0.6 is 11.6 Å². The molecule has 0 aromatic heterocycles. The molecule has 1 saturated carbocycles. The number of hydrogen-bond donors (Lipinski definition) is 1. The summed E-state index contributed by atoms with van der Waals surface area (Å²) in [4.78, 5) is 64.7. The number of rotatable bonds is 7. The van der Waals surface area contributed by atoms with E-state index in [9.17, 15) is 19.5 Å². The Hall–Kier alpha value is -5.25. The SMILES string of the molecule is COc1ccc(C2C3=CCC4C(=O)N(C5CCN(Cc6ccccc6)CC5)C(=O)C4C3CC3C(=O)N(c4cccc(Cl)c4)C(=O)C32c2ccccc2)cc1O. The Balaban J connectivity index is 1.13. The molecule has 4 amide bonds. The smallest absolute Gasteiger partial charge is 0.246 e. The molecule has 9 rings (SSSR count). The summed E-state index contributed by atoms with van der Waals surface area (Å²) < 4.78 is 5.41. The number of aromatic hydroxyl groups is 1. The maximum atomic E-state index is 15.4. The molecule has 4 aromatic carbocycles. The summed E-state index contributed by atoms with van der Waals surface area (Å²) in [6.45, 7) is 2.38. The van der Waals surface area contributed by atoms with Crippen molar-refractivity contribution in [3.8, 4) is 11.5 Å². The maximum Gasteiger partial charge on any atom is 0.246 e. The number of imide groups is 2. The number of phenols is 1. The molecule has 0 spiro atoms. The van der Waals surface area contributed by atoms with Crippen LogP contribution in [0.4, 0.5) is 5.69 Å². The second kappa shape index (κ2) is 13.8. The lowest BCUT2D eigenvalue weighted by Crippen LogP contribution is -2.53. The molecule has 0 bridgehead atoms. The van der Waals surface area contributed by atoms with E-state index >= 15 is 4.79 Å². The number of hydrogen-bond acceptors (Lipinski definition) is 7. The Morgan fingerprint density at radius 1 is 0.818 bits per heavy atom. The van der Waals surface area contributed by atoms with E-state index in [1.807, 2.05) is 54.6 Å². The standard InChI is InChI=1S/C45H42ClN3O6/c1-55-38-18-15-28(23-37(38)50)40-33-16-17-34-39(43(53)48(41(34)51)31-19-21-47(22-20-31)26-27-9-4-2-5-10-27)35(33)25-36-42(52)49(32-14-8-13-30(46)24-32)44(54)45(36,40)29-11-6-3-7-12-29/h2-16,18,23-24,31,34-36,39-40,50H,17,19-22,25-26H2,1H3. The predicted octanol–water partition coefficient (Wildman–Crippen LogP) is 6.88. The minimum Gasteiger partial charge on any atom is -0.504 e. The summed E-state index contributed by atoms with van der Waals surface area (Å²) in [6, 6.07) is 31.3. The molecule has 9 nitrogen and oxygen atoms in total. The summed E-state index contributed by atoms with van der Waals surface area (Å²) in [5.74, 6) is -4.23. The van der Waals surface area contributed by atoms with Gasteiger partial charge in [-0.2, -0.15) is 0 Å². The number of ether oxygens (including phenoxy) is 1. The lowest BCUT2D eigenvalue weighted by Gasteiger charge is -2.50. The van der Waals surface area contributed by atoms with Gasteiger partial charge in [0.05, 0.1) is 36.0 Å². The third-order valence-electron chi connectivity index (χ3n) is 12.9. The van der Waals surface area contributed by atoms with Crippen molar-refractivity contribution in [3.63, 3.8) is 0 Å². The number of phenolic OH excluding ortho intramolecular Hbond substituents is 1. The maximum absolute atomic E-state index is 15.4. The molecule has 2 aliphatic carbocycles. The van der Waals surface area contributed by atoms with E-state index in [0.29, 0.717) is 41.1 Å². The number of fused-ring (bicyclic) bond motifs is 4. The van der Waals surface area contributed by atoms with Crippen LogP contribution in [0.15, 0.2) is 115 Å². The van der Waals surface area contributed by atoms with E-state index < -0.39 is 40.9 Å². The minimum absolute atomic E-state index is 0.100. The molecule has 3 aliphatic heterocycles. The van der Waals surface area contributed by atoms with Crippen LogP contribution < -0.4 is 9.64 Å². The second-order valence-corrected chi connectivity index (χ2v) is 16.0. The Morgan fingerprint density at radius 3 is 2.24 bits per heavy atom. The molecule has 5 aliphatic rings. The third-order valence-corrected chi connectivity index (χ3v) is 13.1. The summed E-state index contributed by atoms with van der Waals surface area (Å²) in [6.07, 6.45) is 4.01. The van der Waals surface area contributed by atoms with Gasteiger partial charge in [-0.05, 0) is 78.6 Å². The molecule has 55 heavy (non-hydrogen) atoms. The molecule has 6 unspecified atom stereocenters. The van der Waals surface area contributed by atoms with E-state index in [1.165, 1.54) is 17.6 Å². The number of carbonyl (C=O) groups excluding carboxylic acids is 4. The van der Waals surface area contributed by atoms with Gasteiger partial charge < -0.3 is 9.84 Å². The monoisotopic (exact) mass is 755 g/mol.